The number of benzene rings is 2. The Morgan fingerprint density at radius 3 is 2.53 bits per heavy atom. The second kappa shape index (κ2) is 9.32. The first-order valence-electron chi connectivity index (χ1n) is 12.8. The third-order valence-electron chi connectivity index (χ3n) is 7.59. The van der Waals surface area contributed by atoms with E-state index in [4.69, 9.17) is 15.7 Å². The number of pyridine rings is 1. The maximum absolute atomic E-state index is 6.41. The summed E-state index contributed by atoms with van der Waals surface area (Å²) in [7, 11) is 0. The number of nitrogens with zero attached hydrogens (tertiary/aromatic N) is 6. The van der Waals surface area contributed by atoms with Gasteiger partial charge in [-0.3, -0.25) is 0 Å². The molecule has 0 atom stereocenters. The van der Waals surface area contributed by atoms with Gasteiger partial charge in [0.05, 0.1) is 11.2 Å². The van der Waals surface area contributed by atoms with Crippen LogP contribution in [0.5, 0.6) is 0 Å². The van der Waals surface area contributed by atoms with E-state index in [1.807, 2.05) is 22.7 Å². The molecule has 0 unspecified atom stereocenters. The standard InChI is InChI=1S/C29H31N7/c1-3-35-15-13-20(14-16-35)17-25-34-27(28-29(30)31-18-32-36(25)28)23-11-9-22-10-12-24(33-26(22)19(23)2)21-7-5-4-6-8-21/h4-12,18,20H,3,13-17H2,1-2H3,(H2,30,31,32). The minimum Gasteiger partial charge on any atom is -0.382 e. The van der Waals surface area contributed by atoms with Crippen LogP contribution >= 0.6 is 0 Å². The van der Waals surface area contributed by atoms with Gasteiger partial charge in [-0.25, -0.2) is 19.5 Å². The molecular weight excluding hydrogens is 446 g/mol. The first-order valence-corrected chi connectivity index (χ1v) is 12.8. The summed E-state index contributed by atoms with van der Waals surface area (Å²) >= 11 is 0. The van der Waals surface area contributed by atoms with Crippen molar-refractivity contribution >= 4 is 22.2 Å². The highest BCUT2D eigenvalue weighted by Crippen LogP contribution is 2.35. The van der Waals surface area contributed by atoms with Crippen LogP contribution in [0, 0.1) is 12.8 Å². The Bertz CT molecular complexity index is 1530. The first kappa shape index (κ1) is 22.6. The molecule has 1 fully saturated rings. The average molecular weight is 478 g/mol. The highest BCUT2D eigenvalue weighted by molar-refractivity contribution is 5.94. The van der Waals surface area contributed by atoms with Gasteiger partial charge < -0.3 is 10.6 Å². The van der Waals surface area contributed by atoms with Crippen LogP contribution < -0.4 is 5.73 Å². The largest absolute Gasteiger partial charge is 0.382 e. The molecule has 1 aliphatic rings. The number of nitrogens with two attached hydrogens (primary N) is 1. The maximum atomic E-state index is 6.41. The van der Waals surface area contributed by atoms with Crippen LogP contribution in [0.25, 0.3) is 38.9 Å². The van der Waals surface area contributed by atoms with E-state index in [-0.39, 0.29) is 0 Å². The molecule has 7 nitrogen and oxygen atoms in total. The number of aromatic nitrogens is 5. The van der Waals surface area contributed by atoms with Crippen molar-refractivity contribution in [2.75, 3.05) is 25.4 Å². The van der Waals surface area contributed by atoms with E-state index in [1.165, 1.54) is 19.2 Å². The summed E-state index contributed by atoms with van der Waals surface area (Å²) in [5.41, 5.74) is 13.1. The van der Waals surface area contributed by atoms with Gasteiger partial charge in [-0.05, 0) is 56.9 Å². The van der Waals surface area contributed by atoms with E-state index >= 15 is 0 Å². The molecule has 182 valence electrons. The third-order valence-corrected chi connectivity index (χ3v) is 7.59. The van der Waals surface area contributed by atoms with Crippen molar-refractivity contribution in [1.82, 2.24) is 29.5 Å². The number of aryl methyl sites for hydroxylation is 1. The van der Waals surface area contributed by atoms with E-state index in [1.54, 1.807) is 0 Å². The van der Waals surface area contributed by atoms with Crippen molar-refractivity contribution in [3.8, 4) is 22.5 Å². The van der Waals surface area contributed by atoms with Gasteiger partial charge in [0, 0.05) is 22.9 Å². The summed E-state index contributed by atoms with van der Waals surface area (Å²) in [6, 6.07) is 18.7. The molecule has 0 bridgehead atoms. The second-order valence-electron chi connectivity index (χ2n) is 9.74. The predicted molar refractivity (Wildman–Crippen MR) is 145 cm³/mol. The van der Waals surface area contributed by atoms with Crippen LogP contribution in [-0.4, -0.2) is 49.1 Å². The summed E-state index contributed by atoms with van der Waals surface area (Å²) in [4.78, 5) is 17.0. The Balaban J connectivity index is 1.44. The number of hydrogen-bond donors (Lipinski definition) is 1. The van der Waals surface area contributed by atoms with E-state index in [0.717, 1.165) is 76.4 Å². The van der Waals surface area contributed by atoms with Crippen molar-refractivity contribution in [2.24, 2.45) is 5.92 Å². The zero-order chi connectivity index (χ0) is 24.6. The topological polar surface area (TPSA) is 85.2 Å². The molecule has 3 aromatic heterocycles. The number of nitrogen functional groups attached to an aromatic ring is 1. The van der Waals surface area contributed by atoms with Gasteiger partial charge in [-0.1, -0.05) is 55.5 Å². The minimum atomic E-state index is 0.449. The molecule has 1 saturated heterocycles. The molecular formula is C29H31N7. The fourth-order valence-electron chi connectivity index (χ4n) is 5.46. The summed E-state index contributed by atoms with van der Waals surface area (Å²) in [5, 5.41) is 5.67. The smallest absolute Gasteiger partial charge is 0.153 e. The van der Waals surface area contributed by atoms with Gasteiger partial charge in [0.15, 0.2) is 5.82 Å². The molecule has 0 radical (unpaired) electrons. The van der Waals surface area contributed by atoms with E-state index in [2.05, 4.69) is 65.2 Å². The number of imidazole rings is 1. The molecule has 2 aromatic carbocycles. The lowest BCUT2D eigenvalue weighted by Gasteiger charge is -2.30. The Kier molecular flexibility index (Phi) is 5.85. The zero-order valence-corrected chi connectivity index (χ0v) is 20.9. The minimum absolute atomic E-state index is 0.449. The van der Waals surface area contributed by atoms with Crippen molar-refractivity contribution in [3.05, 3.63) is 72.3 Å². The lowest BCUT2D eigenvalue weighted by atomic mass is 9.93. The van der Waals surface area contributed by atoms with E-state index in [9.17, 15) is 0 Å². The van der Waals surface area contributed by atoms with Crippen LogP contribution in [0.15, 0.2) is 60.9 Å². The van der Waals surface area contributed by atoms with Crippen molar-refractivity contribution < 1.29 is 0 Å². The van der Waals surface area contributed by atoms with Gasteiger partial charge >= 0.3 is 0 Å². The highest BCUT2D eigenvalue weighted by Gasteiger charge is 2.24. The van der Waals surface area contributed by atoms with Crippen LogP contribution in [0.3, 0.4) is 0 Å². The molecule has 5 aromatic rings. The number of piperidine rings is 1. The Hall–Kier alpha value is -3.84. The lowest BCUT2D eigenvalue weighted by molar-refractivity contribution is 0.190. The predicted octanol–water partition coefficient (Wildman–Crippen LogP) is 5.17. The molecule has 0 aliphatic carbocycles. The SMILES string of the molecule is CCN1CCC(Cc2nc(-c3ccc4ccc(-c5ccccc5)nc4c3C)c3c(N)ncnn23)CC1. The van der Waals surface area contributed by atoms with Gasteiger partial charge in [0.1, 0.15) is 23.4 Å². The Morgan fingerprint density at radius 1 is 0.972 bits per heavy atom. The number of rotatable bonds is 5. The molecule has 0 saturated carbocycles. The fraction of sp³-hybridized carbons (Fsp3) is 0.310. The normalized spacial score (nSPS) is 15.2. The number of anilines is 1. The molecule has 7 heteroatoms. The highest BCUT2D eigenvalue weighted by atomic mass is 15.3. The number of hydrogen-bond acceptors (Lipinski definition) is 6. The maximum Gasteiger partial charge on any atom is 0.153 e. The summed E-state index contributed by atoms with van der Waals surface area (Å²) < 4.78 is 1.90. The Morgan fingerprint density at radius 2 is 1.75 bits per heavy atom. The molecule has 2 N–H and O–H groups in total. The number of likely N-dealkylation sites (tertiary alicyclic amines) is 1. The average Bonchev–Trinajstić information content (AvgIpc) is 3.29. The second-order valence-corrected chi connectivity index (χ2v) is 9.74. The van der Waals surface area contributed by atoms with E-state index in [0.29, 0.717) is 11.7 Å². The number of fused-ring (bicyclic) bond motifs is 2. The van der Waals surface area contributed by atoms with Crippen LogP contribution in [0.1, 0.15) is 31.2 Å². The van der Waals surface area contributed by atoms with Crippen LogP contribution in [0.2, 0.25) is 0 Å². The first-order chi connectivity index (χ1) is 17.6. The molecule has 1 aliphatic heterocycles. The summed E-state index contributed by atoms with van der Waals surface area (Å²) in [5.74, 6) is 2.00. The molecule has 4 heterocycles. The zero-order valence-electron chi connectivity index (χ0n) is 20.9. The van der Waals surface area contributed by atoms with Gasteiger partial charge in [-0.2, -0.15) is 5.10 Å². The van der Waals surface area contributed by atoms with Crippen LogP contribution in [0.4, 0.5) is 5.82 Å². The van der Waals surface area contributed by atoms with Gasteiger partial charge in [0.2, 0.25) is 0 Å². The lowest BCUT2D eigenvalue weighted by Crippen LogP contribution is -2.34. The summed E-state index contributed by atoms with van der Waals surface area (Å²) in [6.45, 7) is 7.76. The monoisotopic (exact) mass is 477 g/mol. The quantitative estimate of drug-likeness (QED) is 0.376. The van der Waals surface area contributed by atoms with Crippen molar-refractivity contribution in [1.29, 1.82) is 0 Å². The Labute approximate surface area is 211 Å². The van der Waals surface area contributed by atoms with Crippen LogP contribution in [-0.2, 0) is 6.42 Å². The fourth-order valence-corrected chi connectivity index (χ4v) is 5.46. The summed E-state index contributed by atoms with van der Waals surface area (Å²) in [6.07, 6.45) is 4.77. The van der Waals surface area contributed by atoms with Gasteiger partial charge in [-0.15, -0.1) is 0 Å². The van der Waals surface area contributed by atoms with E-state index < -0.39 is 0 Å². The molecule has 36 heavy (non-hydrogen) atoms. The molecule has 6 rings (SSSR count). The third kappa shape index (κ3) is 3.99. The van der Waals surface area contributed by atoms with Gasteiger partial charge in [0.25, 0.3) is 0 Å². The molecule has 0 amide bonds. The molecule has 0 spiro atoms. The van der Waals surface area contributed by atoms with Crippen molar-refractivity contribution in [2.45, 2.75) is 33.1 Å². The van der Waals surface area contributed by atoms with Crippen molar-refractivity contribution in [3.63, 3.8) is 0 Å².